The molecule has 9 aromatic rings. The van der Waals surface area contributed by atoms with Crippen LogP contribution in [0.3, 0.4) is 0 Å². The summed E-state index contributed by atoms with van der Waals surface area (Å²) in [7, 11) is 0. The van der Waals surface area contributed by atoms with Gasteiger partial charge in [-0.2, -0.15) is 0 Å². The first-order valence-corrected chi connectivity index (χ1v) is 15.2. The number of hydrogen-bond donors (Lipinski definition) is 0. The molecular formula is C37H22N6S. The van der Waals surface area contributed by atoms with E-state index in [4.69, 9.17) is 19.9 Å². The highest BCUT2D eigenvalue weighted by Crippen LogP contribution is 2.39. The maximum atomic E-state index is 4.97. The second-order valence-electron chi connectivity index (χ2n) is 10.6. The standard InChI is InChI=1S/C37H22N6S/c1-3-11-23(12-4-1)34-40-35(24-13-5-2-6-14-24)42-36(41-34)25-19-20-30-28(21-25)26-15-7-9-17-29(26)43(30)37-33-32(38-22-39-37)27-16-8-10-18-31(27)44-33/h1-22H. The first-order chi connectivity index (χ1) is 21.8. The van der Waals surface area contributed by atoms with E-state index in [-0.39, 0.29) is 0 Å². The summed E-state index contributed by atoms with van der Waals surface area (Å²) in [5, 5.41) is 3.39. The monoisotopic (exact) mass is 582 g/mol. The summed E-state index contributed by atoms with van der Waals surface area (Å²) >= 11 is 1.73. The largest absolute Gasteiger partial charge is 0.292 e. The van der Waals surface area contributed by atoms with Gasteiger partial charge in [-0.15, -0.1) is 11.3 Å². The Morgan fingerprint density at radius 1 is 0.477 bits per heavy atom. The fourth-order valence-corrected chi connectivity index (χ4v) is 7.08. The highest BCUT2D eigenvalue weighted by molar-refractivity contribution is 7.26. The maximum Gasteiger partial charge on any atom is 0.164 e. The van der Waals surface area contributed by atoms with Crippen molar-refractivity contribution in [2.45, 2.75) is 0 Å². The predicted molar refractivity (Wildman–Crippen MR) is 179 cm³/mol. The summed E-state index contributed by atoms with van der Waals surface area (Å²) in [6.45, 7) is 0. The second kappa shape index (κ2) is 9.90. The summed E-state index contributed by atoms with van der Waals surface area (Å²) in [5.74, 6) is 2.80. The van der Waals surface area contributed by atoms with Gasteiger partial charge in [0, 0.05) is 37.5 Å². The van der Waals surface area contributed by atoms with Crippen LogP contribution in [0.2, 0.25) is 0 Å². The van der Waals surface area contributed by atoms with Crippen LogP contribution in [0.1, 0.15) is 0 Å². The summed E-state index contributed by atoms with van der Waals surface area (Å²) < 4.78 is 4.52. The van der Waals surface area contributed by atoms with Crippen molar-refractivity contribution in [3.05, 3.63) is 134 Å². The second-order valence-corrected chi connectivity index (χ2v) is 11.6. The number of nitrogens with zero attached hydrogens (tertiary/aromatic N) is 6. The van der Waals surface area contributed by atoms with Gasteiger partial charge in [-0.1, -0.05) is 97.1 Å². The Balaban J connectivity index is 1.28. The van der Waals surface area contributed by atoms with Crippen LogP contribution in [-0.2, 0) is 0 Å². The average molecular weight is 583 g/mol. The van der Waals surface area contributed by atoms with Crippen molar-refractivity contribution in [3.63, 3.8) is 0 Å². The quantitative estimate of drug-likeness (QED) is 0.207. The van der Waals surface area contributed by atoms with Crippen molar-refractivity contribution in [1.29, 1.82) is 0 Å². The molecule has 5 aromatic carbocycles. The van der Waals surface area contributed by atoms with E-state index in [9.17, 15) is 0 Å². The zero-order valence-corrected chi connectivity index (χ0v) is 24.1. The molecule has 0 aliphatic heterocycles. The summed E-state index contributed by atoms with van der Waals surface area (Å²) in [4.78, 5) is 24.3. The molecular weight excluding hydrogens is 561 g/mol. The molecule has 4 heterocycles. The van der Waals surface area contributed by atoms with Crippen LogP contribution in [0, 0.1) is 0 Å². The number of rotatable bonds is 4. The van der Waals surface area contributed by atoms with Gasteiger partial charge in [0.25, 0.3) is 0 Å². The fraction of sp³-hybridized carbons (Fsp3) is 0. The lowest BCUT2D eigenvalue weighted by Crippen LogP contribution is -2.00. The maximum absolute atomic E-state index is 4.97. The zero-order valence-electron chi connectivity index (χ0n) is 23.3. The van der Waals surface area contributed by atoms with Crippen molar-refractivity contribution in [3.8, 4) is 40.0 Å². The Hall–Kier alpha value is -5.79. The van der Waals surface area contributed by atoms with Crippen molar-refractivity contribution in [1.82, 2.24) is 29.5 Å². The van der Waals surface area contributed by atoms with E-state index >= 15 is 0 Å². The van der Waals surface area contributed by atoms with Crippen LogP contribution in [0.15, 0.2) is 134 Å². The minimum Gasteiger partial charge on any atom is -0.292 e. The number of benzene rings is 5. The molecule has 0 aliphatic carbocycles. The van der Waals surface area contributed by atoms with Crippen molar-refractivity contribution in [2.75, 3.05) is 0 Å². The first-order valence-electron chi connectivity index (χ1n) is 14.3. The third kappa shape index (κ3) is 3.91. The van der Waals surface area contributed by atoms with E-state index in [0.29, 0.717) is 17.5 Å². The van der Waals surface area contributed by atoms with Crippen LogP contribution in [-0.4, -0.2) is 29.5 Å². The molecule has 0 amide bonds. The van der Waals surface area contributed by atoms with Crippen molar-refractivity contribution >= 4 is 53.4 Å². The minimum atomic E-state index is 0.630. The van der Waals surface area contributed by atoms with Crippen LogP contribution in [0.5, 0.6) is 0 Å². The third-order valence-electron chi connectivity index (χ3n) is 7.98. The van der Waals surface area contributed by atoms with Gasteiger partial charge in [0.2, 0.25) is 0 Å². The summed E-state index contributed by atoms with van der Waals surface area (Å²) in [5.41, 5.74) is 5.94. The lowest BCUT2D eigenvalue weighted by atomic mass is 10.1. The van der Waals surface area contributed by atoms with Crippen LogP contribution >= 0.6 is 11.3 Å². The van der Waals surface area contributed by atoms with E-state index in [1.54, 1.807) is 17.7 Å². The molecule has 6 nitrogen and oxygen atoms in total. The van der Waals surface area contributed by atoms with Gasteiger partial charge in [-0.3, -0.25) is 4.57 Å². The topological polar surface area (TPSA) is 69.4 Å². The molecule has 0 spiro atoms. The van der Waals surface area contributed by atoms with Crippen molar-refractivity contribution in [2.24, 2.45) is 0 Å². The van der Waals surface area contributed by atoms with E-state index < -0.39 is 0 Å². The summed E-state index contributed by atoms with van der Waals surface area (Å²) in [6.07, 6.45) is 1.67. The SMILES string of the molecule is c1ccc(-c2nc(-c3ccccc3)nc(-c3ccc4c(c3)c3ccccc3n4-c3ncnc4c3sc3ccccc34)n2)cc1. The van der Waals surface area contributed by atoms with Crippen molar-refractivity contribution < 1.29 is 0 Å². The Labute approximate surface area is 256 Å². The van der Waals surface area contributed by atoms with Crippen LogP contribution < -0.4 is 0 Å². The van der Waals surface area contributed by atoms with E-state index in [1.165, 1.54) is 4.70 Å². The molecule has 0 atom stereocenters. The number of hydrogen-bond acceptors (Lipinski definition) is 6. The average Bonchev–Trinajstić information content (AvgIpc) is 3.64. The molecule has 4 aromatic heterocycles. The molecule has 0 fully saturated rings. The molecule has 0 unspecified atom stereocenters. The van der Waals surface area contributed by atoms with Crippen LogP contribution in [0.4, 0.5) is 0 Å². The number of thiophene rings is 1. The molecule has 0 saturated carbocycles. The van der Waals surface area contributed by atoms with Gasteiger partial charge in [0.15, 0.2) is 23.3 Å². The molecule has 9 rings (SSSR count). The fourth-order valence-electron chi connectivity index (χ4n) is 5.95. The Morgan fingerprint density at radius 3 is 1.80 bits per heavy atom. The lowest BCUT2D eigenvalue weighted by Gasteiger charge is -2.09. The number of para-hydroxylation sites is 1. The molecule has 0 radical (unpaired) electrons. The van der Waals surface area contributed by atoms with Gasteiger partial charge >= 0.3 is 0 Å². The van der Waals surface area contributed by atoms with Gasteiger partial charge in [0.05, 0.1) is 21.3 Å². The van der Waals surface area contributed by atoms with E-state index in [0.717, 1.165) is 59.9 Å². The van der Waals surface area contributed by atoms with Gasteiger partial charge in [0.1, 0.15) is 6.33 Å². The highest BCUT2D eigenvalue weighted by Gasteiger charge is 2.19. The predicted octanol–water partition coefficient (Wildman–Crippen LogP) is 9.13. The van der Waals surface area contributed by atoms with Crippen LogP contribution in [0.25, 0.3) is 82.1 Å². The van der Waals surface area contributed by atoms with E-state index in [2.05, 4.69) is 76.3 Å². The normalized spacial score (nSPS) is 11.6. The number of fused-ring (bicyclic) bond motifs is 6. The number of aromatic nitrogens is 6. The molecule has 44 heavy (non-hydrogen) atoms. The first kappa shape index (κ1) is 24.8. The Morgan fingerprint density at radius 2 is 1.07 bits per heavy atom. The minimum absolute atomic E-state index is 0.630. The zero-order chi connectivity index (χ0) is 29.0. The molecule has 206 valence electrons. The lowest BCUT2D eigenvalue weighted by molar-refractivity contribution is 1.07. The van der Waals surface area contributed by atoms with Gasteiger partial charge in [-0.25, -0.2) is 24.9 Å². The Kier molecular flexibility index (Phi) is 5.57. The molecule has 7 heteroatoms. The molecule has 0 saturated heterocycles. The van der Waals surface area contributed by atoms with Gasteiger partial charge < -0.3 is 0 Å². The molecule has 0 bridgehead atoms. The molecule has 0 N–H and O–H groups in total. The Bertz CT molecular complexity index is 2440. The third-order valence-corrected chi connectivity index (χ3v) is 9.14. The van der Waals surface area contributed by atoms with Gasteiger partial charge in [-0.05, 0) is 30.3 Å². The highest BCUT2D eigenvalue weighted by atomic mass is 32.1. The smallest absolute Gasteiger partial charge is 0.164 e. The van der Waals surface area contributed by atoms with E-state index in [1.807, 2.05) is 60.7 Å². The molecule has 0 aliphatic rings. The summed E-state index contributed by atoms with van der Waals surface area (Å²) in [6, 6.07) is 43.4.